The minimum Gasteiger partial charge on any atom is -0.494 e. The number of hydrogen-bond donors (Lipinski definition) is 1. The van der Waals surface area contributed by atoms with Crippen LogP contribution in [0.2, 0.25) is 10.0 Å². The molecule has 12 heteroatoms. The summed E-state index contributed by atoms with van der Waals surface area (Å²) in [5.74, 6) is 1.38. The second kappa shape index (κ2) is 17.3. The SMILES string of the molecule is C=N/C(=N\N(C)CCOC)c1ccc2c(c1)c(-c1c(CCCOc3cc(C)c(Cl)c(C)c3)c3ccc(Cl)c(-c4c(C)nn(C)c4C)c3n1[C@H](C)CNC)cn2C. The zero-order valence-electron chi connectivity index (χ0n) is 34.3. The Hall–Kier alpha value is -4.61. The van der Waals surface area contributed by atoms with Crippen LogP contribution in [0, 0.1) is 27.7 Å². The molecule has 6 aromatic rings. The number of halogens is 2. The van der Waals surface area contributed by atoms with Crippen molar-refractivity contribution in [3.63, 3.8) is 0 Å². The van der Waals surface area contributed by atoms with E-state index < -0.39 is 0 Å². The smallest absolute Gasteiger partial charge is 0.178 e. The van der Waals surface area contributed by atoms with Crippen LogP contribution >= 0.6 is 23.2 Å². The molecule has 296 valence electrons. The van der Waals surface area contributed by atoms with Crippen molar-refractivity contribution >= 4 is 57.6 Å². The van der Waals surface area contributed by atoms with Crippen LogP contribution in [0.25, 0.3) is 44.2 Å². The monoisotopic (exact) mass is 796 g/mol. The number of hydrazone groups is 1. The van der Waals surface area contributed by atoms with Crippen LogP contribution in [0.4, 0.5) is 0 Å². The second-order valence-corrected chi connectivity index (χ2v) is 15.5. The van der Waals surface area contributed by atoms with E-state index in [1.54, 1.807) is 7.11 Å². The highest BCUT2D eigenvalue weighted by atomic mass is 35.5. The van der Waals surface area contributed by atoms with Gasteiger partial charge in [0.15, 0.2) is 5.84 Å². The highest BCUT2D eigenvalue weighted by Gasteiger charge is 2.29. The van der Waals surface area contributed by atoms with Crippen molar-refractivity contribution in [1.82, 2.24) is 29.2 Å². The molecule has 3 aromatic carbocycles. The second-order valence-electron chi connectivity index (χ2n) is 14.8. The lowest BCUT2D eigenvalue weighted by Crippen LogP contribution is -2.21. The standard InChI is InChI=1S/C44H54Cl2N8O2/c1-26-21-32(22-27(2)41(26)46)56-19-12-13-33-34-15-16-37(45)40(39-29(4)49-53(10)30(39)5)43(34)54(28(3)24-47-6)42(33)36-25-51(8)38-17-14-31(23-35(36)38)44(48-7)50-52(9)18-20-55-11/h14-17,21-23,25,28,47H,7,12-13,18-20,24H2,1-6,8-11H3/b50-44-/t28-/m1/s1. The molecule has 0 unspecified atom stereocenters. The summed E-state index contributed by atoms with van der Waals surface area (Å²) in [4.78, 5) is 4.36. The molecule has 0 bridgehead atoms. The van der Waals surface area contributed by atoms with Crippen LogP contribution in [0.15, 0.2) is 58.8 Å². The summed E-state index contributed by atoms with van der Waals surface area (Å²) in [5, 5.41) is 18.6. The maximum Gasteiger partial charge on any atom is 0.178 e. The Labute approximate surface area is 340 Å². The largest absolute Gasteiger partial charge is 0.494 e. The van der Waals surface area contributed by atoms with Crippen LogP contribution in [0.5, 0.6) is 5.75 Å². The zero-order valence-corrected chi connectivity index (χ0v) is 35.9. The number of fused-ring (bicyclic) bond motifs is 2. The number of amidine groups is 1. The molecule has 10 nitrogen and oxygen atoms in total. The quantitative estimate of drug-likeness (QED) is 0.0485. The van der Waals surface area contributed by atoms with E-state index >= 15 is 0 Å². The first-order chi connectivity index (χ1) is 26.8. The van der Waals surface area contributed by atoms with Crippen molar-refractivity contribution in [3.8, 4) is 28.1 Å². The maximum atomic E-state index is 7.29. The first-order valence-electron chi connectivity index (χ1n) is 19.1. The number of likely N-dealkylation sites (N-methyl/N-ethyl adjacent to an activating group) is 2. The number of nitrogens with zero attached hydrogens (tertiary/aromatic N) is 7. The van der Waals surface area contributed by atoms with Gasteiger partial charge in [0.05, 0.1) is 41.7 Å². The van der Waals surface area contributed by atoms with E-state index in [1.165, 1.54) is 5.56 Å². The molecule has 0 fully saturated rings. The Kier molecular flexibility index (Phi) is 12.6. The predicted octanol–water partition coefficient (Wildman–Crippen LogP) is 9.47. The summed E-state index contributed by atoms with van der Waals surface area (Å²) in [6, 6.07) is 14.7. The van der Waals surface area contributed by atoms with Crippen LogP contribution in [0.3, 0.4) is 0 Å². The highest BCUT2D eigenvalue weighted by Crippen LogP contribution is 2.47. The molecular formula is C44H54Cl2N8O2. The molecule has 0 amide bonds. The Morgan fingerprint density at radius 2 is 1.73 bits per heavy atom. The molecule has 56 heavy (non-hydrogen) atoms. The molecule has 3 heterocycles. The van der Waals surface area contributed by atoms with Crippen LogP contribution < -0.4 is 10.1 Å². The van der Waals surface area contributed by atoms with Gasteiger partial charge in [-0.15, -0.1) is 0 Å². The van der Waals surface area contributed by atoms with Gasteiger partial charge in [0.1, 0.15) is 5.75 Å². The highest BCUT2D eigenvalue weighted by molar-refractivity contribution is 6.35. The van der Waals surface area contributed by atoms with Gasteiger partial charge in [0, 0.05) is 96.3 Å². The van der Waals surface area contributed by atoms with Gasteiger partial charge in [0.25, 0.3) is 0 Å². The molecule has 0 saturated heterocycles. The average Bonchev–Trinajstić information content (AvgIpc) is 3.76. The van der Waals surface area contributed by atoms with Gasteiger partial charge in [-0.25, -0.2) is 4.99 Å². The van der Waals surface area contributed by atoms with Gasteiger partial charge in [-0.1, -0.05) is 29.3 Å². The number of methoxy groups -OCH3 is 1. The molecule has 1 atom stereocenters. The van der Waals surface area contributed by atoms with E-state index in [1.807, 2.05) is 62.9 Å². The summed E-state index contributed by atoms with van der Waals surface area (Å²) in [5.41, 5.74) is 12.6. The molecule has 0 spiro atoms. The number of aromatic nitrogens is 4. The number of aliphatic imine (C=N–C) groups is 1. The molecule has 0 aliphatic heterocycles. The minimum absolute atomic E-state index is 0.0526. The van der Waals surface area contributed by atoms with Crippen molar-refractivity contribution in [2.75, 3.05) is 47.5 Å². The number of aryl methyl sites for hydroxylation is 6. The number of ether oxygens (including phenoxy) is 2. The van der Waals surface area contributed by atoms with Gasteiger partial charge in [-0.2, -0.15) is 10.2 Å². The lowest BCUT2D eigenvalue weighted by molar-refractivity contribution is 0.163. The van der Waals surface area contributed by atoms with E-state index in [-0.39, 0.29) is 6.04 Å². The van der Waals surface area contributed by atoms with Gasteiger partial charge in [-0.3, -0.25) is 9.69 Å². The summed E-state index contributed by atoms with van der Waals surface area (Å²) in [6.07, 6.45) is 3.80. The predicted molar refractivity (Wildman–Crippen MR) is 235 cm³/mol. The van der Waals surface area contributed by atoms with Gasteiger partial charge in [-0.05, 0) is 114 Å². The molecular weight excluding hydrogens is 743 g/mol. The summed E-state index contributed by atoms with van der Waals surface area (Å²) in [7, 11) is 9.69. The normalized spacial score (nSPS) is 12.6. The molecule has 0 saturated carbocycles. The minimum atomic E-state index is 0.0526. The third-order valence-corrected chi connectivity index (χ3v) is 11.6. The van der Waals surface area contributed by atoms with Crippen LogP contribution in [0.1, 0.15) is 53.0 Å². The number of rotatable bonds is 15. The van der Waals surface area contributed by atoms with Crippen molar-refractivity contribution in [2.45, 2.75) is 53.5 Å². The van der Waals surface area contributed by atoms with Crippen molar-refractivity contribution in [3.05, 3.63) is 92.3 Å². The molecule has 1 N–H and O–H groups in total. The fourth-order valence-corrected chi connectivity index (χ4v) is 8.31. The fourth-order valence-electron chi connectivity index (χ4n) is 7.96. The Balaban J connectivity index is 1.61. The number of nitrogens with one attached hydrogen (secondary N) is 1. The maximum absolute atomic E-state index is 7.29. The molecule has 0 aliphatic rings. The molecule has 0 aliphatic carbocycles. The van der Waals surface area contributed by atoms with E-state index in [9.17, 15) is 0 Å². The van der Waals surface area contributed by atoms with Gasteiger partial charge in [0.2, 0.25) is 0 Å². The van der Waals surface area contributed by atoms with E-state index in [0.29, 0.717) is 30.6 Å². The Bertz CT molecular complexity index is 2420. The third-order valence-electron chi connectivity index (χ3n) is 10.7. The molecule has 0 radical (unpaired) electrons. The fraction of sp³-hybridized carbons (Fsp3) is 0.386. The first kappa shape index (κ1) is 41.0. The molecule has 3 aromatic heterocycles. The molecule has 6 rings (SSSR count). The number of benzene rings is 3. The van der Waals surface area contributed by atoms with Crippen molar-refractivity contribution < 1.29 is 9.47 Å². The van der Waals surface area contributed by atoms with Crippen LogP contribution in [-0.4, -0.2) is 84.0 Å². The van der Waals surface area contributed by atoms with Gasteiger partial charge < -0.3 is 23.9 Å². The Morgan fingerprint density at radius 1 is 1.00 bits per heavy atom. The average molecular weight is 798 g/mol. The lowest BCUT2D eigenvalue weighted by Gasteiger charge is -2.21. The topological polar surface area (TPSA) is 86.1 Å². The summed E-state index contributed by atoms with van der Waals surface area (Å²) in [6.45, 7) is 16.8. The summed E-state index contributed by atoms with van der Waals surface area (Å²) >= 11 is 13.8. The van der Waals surface area contributed by atoms with Crippen molar-refractivity contribution in [2.24, 2.45) is 24.2 Å². The Morgan fingerprint density at radius 3 is 2.38 bits per heavy atom. The lowest BCUT2D eigenvalue weighted by atomic mass is 9.97. The van der Waals surface area contributed by atoms with E-state index in [0.717, 1.165) is 102 Å². The third kappa shape index (κ3) is 7.85. The number of hydrogen-bond acceptors (Lipinski definition) is 6. The summed E-state index contributed by atoms with van der Waals surface area (Å²) < 4.78 is 18.3. The first-order valence-corrected chi connectivity index (χ1v) is 19.8. The van der Waals surface area contributed by atoms with Gasteiger partial charge >= 0.3 is 0 Å². The zero-order chi connectivity index (χ0) is 40.4. The van der Waals surface area contributed by atoms with Crippen molar-refractivity contribution in [1.29, 1.82) is 0 Å². The van der Waals surface area contributed by atoms with Crippen LogP contribution in [-0.2, 0) is 25.3 Å². The van der Waals surface area contributed by atoms with E-state index in [2.05, 4.69) is 84.4 Å². The van der Waals surface area contributed by atoms with E-state index in [4.69, 9.17) is 42.9 Å².